The second kappa shape index (κ2) is 13.4. The Kier molecular flexibility index (Phi) is 11.3. The van der Waals surface area contributed by atoms with Crippen molar-refractivity contribution in [3.63, 3.8) is 0 Å². The average molecular weight is 430 g/mol. The Morgan fingerprint density at radius 2 is 1.66 bits per heavy atom. The lowest BCUT2D eigenvalue weighted by atomic mass is 10.1. The summed E-state index contributed by atoms with van der Waals surface area (Å²) in [7, 11) is -2.88. The number of nitrogens with one attached hydrogen (secondary N) is 2. The second-order valence-electron chi connectivity index (χ2n) is 8.61. The van der Waals surface area contributed by atoms with Gasteiger partial charge < -0.3 is 20.4 Å². The van der Waals surface area contributed by atoms with E-state index in [1.807, 2.05) is 0 Å². The molecule has 7 nitrogen and oxygen atoms in total. The highest BCUT2D eigenvalue weighted by Gasteiger charge is 2.20. The molecule has 2 aliphatic rings. The van der Waals surface area contributed by atoms with Crippen molar-refractivity contribution in [3.8, 4) is 0 Å². The molecular formula is C21H43N5O2S. The molecular weight excluding hydrogens is 386 g/mol. The summed E-state index contributed by atoms with van der Waals surface area (Å²) in [5, 5.41) is 6.94. The highest BCUT2D eigenvalue weighted by molar-refractivity contribution is 7.90. The molecule has 2 saturated heterocycles. The molecule has 0 saturated carbocycles. The van der Waals surface area contributed by atoms with Gasteiger partial charge in [-0.25, -0.2) is 8.42 Å². The molecule has 170 valence electrons. The summed E-state index contributed by atoms with van der Waals surface area (Å²) in [4.78, 5) is 9.63. The summed E-state index contributed by atoms with van der Waals surface area (Å²) in [5.41, 5.74) is 0. The molecule has 8 heteroatoms. The molecule has 2 rings (SSSR count). The van der Waals surface area contributed by atoms with Crippen molar-refractivity contribution in [1.29, 1.82) is 0 Å². The summed E-state index contributed by atoms with van der Waals surface area (Å²) in [6, 6.07) is 0.418. The predicted octanol–water partition coefficient (Wildman–Crippen LogP) is 1.71. The minimum absolute atomic E-state index is 0.257. The maximum absolute atomic E-state index is 11.3. The van der Waals surface area contributed by atoms with Gasteiger partial charge in [-0.1, -0.05) is 12.8 Å². The van der Waals surface area contributed by atoms with E-state index in [0.29, 0.717) is 12.6 Å². The van der Waals surface area contributed by atoms with Gasteiger partial charge in [-0.2, -0.15) is 0 Å². The number of guanidine groups is 1. The Bertz CT molecular complexity index is 568. The first kappa shape index (κ1) is 24.4. The lowest BCUT2D eigenvalue weighted by molar-refractivity contribution is 0.216. The number of unbranched alkanes of at least 4 members (excludes halogenated alkanes) is 2. The summed E-state index contributed by atoms with van der Waals surface area (Å²) in [6.07, 6.45) is 11.2. The standard InChI is InChI=1S/C21H43N5O2S/c1-3-22-21(23-12-6-4-7-13-25-14-8-5-9-15-25)24-20-10-16-26(17-11-20)18-19-29(2,27)28/h20H,3-19H2,1-2H3,(H2,22,23,24). The van der Waals surface area contributed by atoms with Crippen molar-refractivity contribution in [2.45, 2.75) is 64.3 Å². The van der Waals surface area contributed by atoms with Crippen molar-refractivity contribution in [2.24, 2.45) is 4.99 Å². The molecule has 2 N–H and O–H groups in total. The predicted molar refractivity (Wildman–Crippen MR) is 122 cm³/mol. The van der Waals surface area contributed by atoms with Gasteiger partial charge in [-0.3, -0.25) is 4.99 Å². The summed E-state index contributed by atoms with van der Waals surface area (Å²) >= 11 is 0. The molecule has 2 fully saturated rings. The molecule has 0 unspecified atom stereocenters. The van der Waals surface area contributed by atoms with Crippen LogP contribution in [0.25, 0.3) is 0 Å². The molecule has 0 aromatic rings. The maximum atomic E-state index is 11.3. The van der Waals surface area contributed by atoms with Crippen LogP contribution in [0, 0.1) is 0 Å². The van der Waals surface area contributed by atoms with Gasteiger partial charge >= 0.3 is 0 Å². The quantitative estimate of drug-likeness (QED) is 0.296. The van der Waals surface area contributed by atoms with Crippen LogP contribution in [0.3, 0.4) is 0 Å². The first-order chi connectivity index (χ1) is 14.0. The second-order valence-corrected chi connectivity index (χ2v) is 10.9. The summed E-state index contributed by atoms with van der Waals surface area (Å²) in [6.45, 7) is 10.2. The van der Waals surface area contributed by atoms with Gasteiger partial charge in [0.1, 0.15) is 9.84 Å². The fourth-order valence-electron chi connectivity index (χ4n) is 4.11. The third-order valence-electron chi connectivity index (χ3n) is 5.90. The number of hydrogen-bond acceptors (Lipinski definition) is 5. The first-order valence-corrected chi connectivity index (χ1v) is 13.7. The Morgan fingerprint density at radius 3 is 2.31 bits per heavy atom. The van der Waals surface area contributed by atoms with E-state index in [1.165, 1.54) is 58.0 Å². The third-order valence-corrected chi connectivity index (χ3v) is 6.83. The van der Waals surface area contributed by atoms with Gasteiger partial charge in [0.2, 0.25) is 0 Å². The number of sulfone groups is 1. The van der Waals surface area contributed by atoms with E-state index in [-0.39, 0.29) is 5.75 Å². The number of aliphatic imine (C=N–C) groups is 1. The van der Waals surface area contributed by atoms with Crippen molar-refractivity contribution >= 4 is 15.8 Å². The van der Waals surface area contributed by atoms with Gasteiger partial charge in [0.25, 0.3) is 0 Å². The Morgan fingerprint density at radius 1 is 0.966 bits per heavy atom. The largest absolute Gasteiger partial charge is 0.357 e. The molecule has 0 amide bonds. The van der Waals surface area contributed by atoms with E-state index in [9.17, 15) is 8.42 Å². The van der Waals surface area contributed by atoms with Crippen LogP contribution in [0.1, 0.15) is 58.3 Å². The molecule has 0 aromatic carbocycles. The zero-order chi connectivity index (χ0) is 21.0. The van der Waals surface area contributed by atoms with Crippen molar-refractivity contribution in [1.82, 2.24) is 20.4 Å². The molecule has 29 heavy (non-hydrogen) atoms. The number of hydrogen-bond donors (Lipinski definition) is 2. The molecule has 0 spiro atoms. The van der Waals surface area contributed by atoms with Gasteiger partial charge in [0, 0.05) is 45.0 Å². The van der Waals surface area contributed by atoms with Gasteiger partial charge in [0.15, 0.2) is 5.96 Å². The van der Waals surface area contributed by atoms with Gasteiger partial charge in [-0.15, -0.1) is 0 Å². The molecule has 2 heterocycles. The fraction of sp³-hybridized carbons (Fsp3) is 0.952. The zero-order valence-corrected chi connectivity index (χ0v) is 19.5. The zero-order valence-electron chi connectivity index (χ0n) is 18.7. The fourth-order valence-corrected chi connectivity index (χ4v) is 4.70. The third kappa shape index (κ3) is 11.2. The topological polar surface area (TPSA) is 77.0 Å². The lowest BCUT2D eigenvalue weighted by Crippen LogP contribution is -2.49. The van der Waals surface area contributed by atoms with E-state index in [2.05, 4.69) is 27.4 Å². The van der Waals surface area contributed by atoms with Crippen LogP contribution < -0.4 is 10.6 Å². The minimum atomic E-state index is -2.88. The maximum Gasteiger partial charge on any atom is 0.191 e. The van der Waals surface area contributed by atoms with Crippen molar-refractivity contribution in [3.05, 3.63) is 0 Å². The van der Waals surface area contributed by atoms with Gasteiger partial charge in [-0.05, 0) is 65.1 Å². The summed E-state index contributed by atoms with van der Waals surface area (Å²) < 4.78 is 22.7. The molecule has 0 aromatic heterocycles. The highest BCUT2D eigenvalue weighted by Crippen LogP contribution is 2.11. The Labute approximate surface area is 178 Å². The van der Waals surface area contributed by atoms with Crippen LogP contribution >= 0.6 is 0 Å². The number of rotatable bonds is 11. The SMILES string of the molecule is CCNC(=NCCCCCN1CCCCC1)NC1CCN(CCS(C)(=O)=O)CC1. The van der Waals surface area contributed by atoms with E-state index < -0.39 is 9.84 Å². The average Bonchev–Trinajstić information content (AvgIpc) is 2.70. The van der Waals surface area contributed by atoms with Crippen LogP contribution in [0.5, 0.6) is 0 Å². The molecule has 0 bridgehead atoms. The van der Waals surface area contributed by atoms with Crippen molar-refractivity contribution < 1.29 is 8.42 Å². The van der Waals surface area contributed by atoms with E-state index in [0.717, 1.165) is 51.4 Å². The number of piperidine rings is 2. The lowest BCUT2D eigenvalue weighted by Gasteiger charge is -2.32. The Hall–Kier alpha value is -0.860. The molecule has 0 atom stereocenters. The van der Waals surface area contributed by atoms with Crippen LogP contribution in [-0.4, -0.2) is 94.6 Å². The first-order valence-electron chi connectivity index (χ1n) is 11.6. The van der Waals surface area contributed by atoms with Crippen LogP contribution in [0.4, 0.5) is 0 Å². The van der Waals surface area contributed by atoms with E-state index in [1.54, 1.807) is 0 Å². The normalized spacial score (nSPS) is 20.7. The molecule has 0 aliphatic carbocycles. The molecule has 2 aliphatic heterocycles. The number of likely N-dealkylation sites (tertiary alicyclic amines) is 2. The summed E-state index contributed by atoms with van der Waals surface area (Å²) in [5.74, 6) is 1.19. The van der Waals surface area contributed by atoms with E-state index in [4.69, 9.17) is 4.99 Å². The molecule has 0 radical (unpaired) electrons. The van der Waals surface area contributed by atoms with Gasteiger partial charge in [0.05, 0.1) is 5.75 Å². The minimum Gasteiger partial charge on any atom is -0.357 e. The smallest absolute Gasteiger partial charge is 0.191 e. The van der Waals surface area contributed by atoms with E-state index >= 15 is 0 Å². The van der Waals surface area contributed by atoms with Crippen LogP contribution in [0.15, 0.2) is 4.99 Å². The Balaban J connectivity index is 1.60. The van der Waals surface area contributed by atoms with Crippen LogP contribution in [0.2, 0.25) is 0 Å². The van der Waals surface area contributed by atoms with Crippen molar-refractivity contribution in [2.75, 3.05) is 64.4 Å². The highest BCUT2D eigenvalue weighted by atomic mass is 32.2. The van der Waals surface area contributed by atoms with Crippen LogP contribution in [-0.2, 0) is 9.84 Å². The number of nitrogens with zero attached hydrogens (tertiary/aromatic N) is 3. The monoisotopic (exact) mass is 429 g/mol.